The number of ether oxygens (including phenoxy) is 2. The number of carbonyl (C=O) groups excluding carboxylic acids is 1. The number of alkyl halides is 3. The summed E-state index contributed by atoms with van der Waals surface area (Å²) in [5, 5.41) is 0. The fourth-order valence-electron chi connectivity index (χ4n) is 2.32. The number of hydrogen-bond acceptors (Lipinski definition) is 3. The Bertz CT molecular complexity index is 801. The van der Waals surface area contributed by atoms with Crippen LogP contribution in [0.4, 0.5) is 13.2 Å². The number of rotatable bonds is 5. The molecule has 2 aromatic rings. The number of carbonyl (C=O) groups is 1. The summed E-state index contributed by atoms with van der Waals surface area (Å²) in [6.07, 6.45) is -4.54. The fraction of sp³-hybridized carbons (Fsp3) is 0.316. The molecule has 0 aromatic heterocycles. The lowest BCUT2D eigenvalue weighted by Crippen LogP contribution is -2.27. The van der Waals surface area contributed by atoms with E-state index in [-0.39, 0.29) is 18.3 Å². The van der Waals surface area contributed by atoms with Crippen LogP contribution in [0, 0.1) is 6.92 Å². The van der Waals surface area contributed by atoms with Crippen molar-refractivity contribution in [3.05, 3.63) is 47.5 Å². The Morgan fingerprint density at radius 3 is 2.38 bits per heavy atom. The lowest BCUT2D eigenvalue weighted by molar-refractivity contribution is -0.137. The third kappa shape index (κ3) is 4.68. The van der Waals surface area contributed by atoms with Gasteiger partial charge in [0.15, 0.2) is 6.61 Å². The largest absolute Gasteiger partial charge is 0.496 e. The maximum absolute atomic E-state index is 13.3. The van der Waals surface area contributed by atoms with Crippen LogP contribution < -0.4 is 9.47 Å². The molecule has 7 heteroatoms. The summed E-state index contributed by atoms with van der Waals surface area (Å²) in [6.45, 7) is 1.49. The minimum atomic E-state index is -4.54. The molecule has 0 unspecified atom stereocenters. The number of methoxy groups -OCH3 is 1. The first kappa shape index (κ1) is 19.6. The summed E-state index contributed by atoms with van der Waals surface area (Å²) in [5.41, 5.74) is 0.837. The molecule has 2 rings (SSSR count). The van der Waals surface area contributed by atoms with E-state index in [0.29, 0.717) is 16.9 Å². The Balaban J connectivity index is 2.51. The van der Waals surface area contributed by atoms with Gasteiger partial charge in [-0.15, -0.1) is 0 Å². The molecule has 140 valence electrons. The average Bonchev–Trinajstić information content (AvgIpc) is 2.58. The van der Waals surface area contributed by atoms with Crippen LogP contribution in [0.3, 0.4) is 0 Å². The molecule has 0 aliphatic carbocycles. The van der Waals surface area contributed by atoms with Crippen molar-refractivity contribution in [1.82, 2.24) is 4.90 Å². The Labute approximate surface area is 150 Å². The summed E-state index contributed by atoms with van der Waals surface area (Å²) in [5.74, 6) is 0.0657. The molecule has 0 aliphatic heterocycles. The zero-order valence-corrected chi connectivity index (χ0v) is 15.0. The van der Waals surface area contributed by atoms with Gasteiger partial charge in [0.25, 0.3) is 5.91 Å². The number of nitrogens with zero attached hydrogens (tertiary/aromatic N) is 1. The zero-order chi connectivity index (χ0) is 19.5. The highest BCUT2D eigenvalue weighted by Gasteiger charge is 2.32. The third-order valence-electron chi connectivity index (χ3n) is 3.76. The van der Waals surface area contributed by atoms with Crippen LogP contribution in [-0.2, 0) is 11.0 Å². The van der Waals surface area contributed by atoms with E-state index < -0.39 is 11.7 Å². The van der Waals surface area contributed by atoms with Gasteiger partial charge in [-0.25, -0.2) is 0 Å². The van der Waals surface area contributed by atoms with Gasteiger partial charge in [-0.2, -0.15) is 13.2 Å². The molecular weight excluding hydrogens is 347 g/mol. The van der Waals surface area contributed by atoms with Gasteiger partial charge in [0.2, 0.25) is 0 Å². The Morgan fingerprint density at radius 2 is 1.81 bits per heavy atom. The van der Waals surface area contributed by atoms with E-state index in [4.69, 9.17) is 9.47 Å². The topological polar surface area (TPSA) is 38.8 Å². The normalized spacial score (nSPS) is 11.2. The summed E-state index contributed by atoms with van der Waals surface area (Å²) >= 11 is 0. The zero-order valence-electron chi connectivity index (χ0n) is 15.0. The first-order chi connectivity index (χ1) is 12.1. The van der Waals surface area contributed by atoms with Gasteiger partial charge in [0, 0.05) is 19.7 Å². The summed E-state index contributed by atoms with van der Waals surface area (Å²) in [7, 11) is 4.54. The first-order valence-corrected chi connectivity index (χ1v) is 7.82. The van der Waals surface area contributed by atoms with Crippen LogP contribution >= 0.6 is 0 Å². The molecule has 0 aliphatic rings. The molecular formula is C19H20F3NO3. The molecule has 0 heterocycles. The smallest absolute Gasteiger partial charge is 0.416 e. The van der Waals surface area contributed by atoms with Crippen molar-refractivity contribution >= 4 is 5.91 Å². The van der Waals surface area contributed by atoms with Crippen molar-refractivity contribution < 1.29 is 27.4 Å². The SMILES string of the molecule is COc1ccc(C)cc1-c1cc(OCC(=O)N(C)C)cc(C(F)(F)F)c1. The molecule has 0 spiro atoms. The van der Waals surface area contributed by atoms with E-state index in [1.807, 2.05) is 13.0 Å². The van der Waals surface area contributed by atoms with Crippen molar-refractivity contribution in [1.29, 1.82) is 0 Å². The number of amides is 1. The number of aryl methyl sites for hydroxylation is 1. The molecule has 0 saturated carbocycles. The number of likely N-dealkylation sites (N-methyl/N-ethyl adjacent to an activating group) is 1. The summed E-state index contributed by atoms with van der Waals surface area (Å²) < 4.78 is 50.4. The molecule has 0 saturated heterocycles. The highest BCUT2D eigenvalue weighted by molar-refractivity contribution is 5.77. The van der Waals surface area contributed by atoms with E-state index in [1.165, 1.54) is 18.1 Å². The van der Waals surface area contributed by atoms with Gasteiger partial charge >= 0.3 is 6.18 Å². The van der Waals surface area contributed by atoms with Crippen LogP contribution in [0.25, 0.3) is 11.1 Å². The highest BCUT2D eigenvalue weighted by atomic mass is 19.4. The quantitative estimate of drug-likeness (QED) is 0.797. The van der Waals surface area contributed by atoms with E-state index in [1.54, 1.807) is 26.2 Å². The molecule has 26 heavy (non-hydrogen) atoms. The molecule has 0 fully saturated rings. The van der Waals surface area contributed by atoms with Gasteiger partial charge < -0.3 is 14.4 Å². The van der Waals surface area contributed by atoms with Crippen molar-refractivity contribution in [3.8, 4) is 22.6 Å². The molecule has 0 bridgehead atoms. The van der Waals surface area contributed by atoms with E-state index in [2.05, 4.69) is 0 Å². The predicted molar refractivity (Wildman–Crippen MR) is 92.4 cm³/mol. The van der Waals surface area contributed by atoms with Gasteiger partial charge in [-0.3, -0.25) is 4.79 Å². The second-order valence-corrected chi connectivity index (χ2v) is 6.02. The monoisotopic (exact) mass is 367 g/mol. The molecule has 0 atom stereocenters. The standard InChI is InChI=1S/C19H20F3NO3/c1-12-5-6-17(25-4)16(7-12)13-8-14(19(20,21)22)10-15(9-13)26-11-18(24)23(2)3/h5-10H,11H2,1-4H3. The Hall–Kier alpha value is -2.70. The molecule has 4 nitrogen and oxygen atoms in total. The van der Waals surface area contributed by atoms with Crippen molar-refractivity contribution in [3.63, 3.8) is 0 Å². The first-order valence-electron chi connectivity index (χ1n) is 7.82. The predicted octanol–water partition coefficient (Wildman–Crippen LogP) is 4.16. The van der Waals surface area contributed by atoms with Crippen LogP contribution in [0.5, 0.6) is 11.5 Å². The molecule has 2 aromatic carbocycles. The lowest BCUT2D eigenvalue weighted by Gasteiger charge is -2.16. The highest BCUT2D eigenvalue weighted by Crippen LogP contribution is 2.38. The van der Waals surface area contributed by atoms with Crippen LogP contribution in [0.1, 0.15) is 11.1 Å². The summed E-state index contributed by atoms with van der Waals surface area (Å²) in [6, 6.07) is 8.63. The van der Waals surface area contributed by atoms with E-state index in [0.717, 1.165) is 17.7 Å². The van der Waals surface area contributed by atoms with Gasteiger partial charge in [-0.05, 0) is 42.8 Å². The van der Waals surface area contributed by atoms with Gasteiger partial charge in [0.05, 0.1) is 12.7 Å². The third-order valence-corrected chi connectivity index (χ3v) is 3.76. The van der Waals surface area contributed by atoms with E-state index in [9.17, 15) is 18.0 Å². The summed E-state index contributed by atoms with van der Waals surface area (Å²) in [4.78, 5) is 13.0. The van der Waals surface area contributed by atoms with E-state index >= 15 is 0 Å². The van der Waals surface area contributed by atoms with Crippen molar-refractivity contribution in [2.45, 2.75) is 13.1 Å². The van der Waals surface area contributed by atoms with Gasteiger partial charge in [0.1, 0.15) is 11.5 Å². The van der Waals surface area contributed by atoms with Crippen LogP contribution in [0.2, 0.25) is 0 Å². The average molecular weight is 367 g/mol. The number of halogens is 3. The number of hydrogen-bond donors (Lipinski definition) is 0. The number of benzene rings is 2. The molecule has 1 amide bonds. The minimum Gasteiger partial charge on any atom is -0.496 e. The second kappa shape index (κ2) is 7.68. The maximum atomic E-state index is 13.3. The minimum absolute atomic E-state index is 0.0337. The van der Waals surface area contributed by atoms with Crippen molar-refractivity contribution in [2.75, 3.05) is 27.8 Å². The van der Waals surface area contributed by atoms with Crippen molar-refractivity contribution in [2.24, 2.45) is 0 Å². The second-order valence-electron chi connectivity index (χ2n) is 6.02. The van der Waals surface area contributed by atoms with Gasteiger partial charge in [-0.1, -0.05) is 11.6 Å². The van der Waals surface area contributed by atoms with Crippen LogP contribution in [0.15, 0.2) is 36.4 Å². The molecule has 0 radical (unpaired) electrons. The lowest BCUT2D eigenvalue weighted by atomic mass is 9.99. The molecule has 0 N–H and O–H groups in total. The van der Waals surface area contributed by atoms with Crippen LogP contribution in [-0.4, -0.2) is 38.6 Å². The Morgan fingerprint density at radius 1 is 1.12 bits per heavy atom. The fourth-order valence-corrected chi connectivity index (χ4v) is 2.32. The Kier molecular flexibility index (Phi) is 5.79. The maximum Gasteiger partial charge on any atom is 0.416 e.